The van der Waals surface area contributed by atoms with Gasteiger partial charge in [-0.3, -0.25) is 0 Å². The molecule has 1 N–H and O–H groups in total. The van der Waals surface area contributed by atoms with Crippen molar-refractivity contribution in [2.75, 3.05) is 19.0 Å². The average molecular weight is 280 g/mol. The Kier molecular flexibility index (Phi) is 5.02. The Bertz CT molecular complexity index is 504. The second-order valence-corrected chi connectivity index (χ2v) is 4.67. The molecule has 0 aliphatic heterocycles. The third kappa shape index (κ3) is 4.13. The van der Waals surface area contributed by atoms with Crippen LogP contribution in [-0.2, 0) is 5.75 Å². The molecule has 19 heavy (non-hydrogen) atoms. The largest absolute Gasteiger partial charge is 0.468 e. The SMILES string of the molecule is CCCNc1nc(OC)nc(SCc2ccco2)n1. The van der Waals surface area contributed by atoms with Gasteiger partial charge in [0.15, 0.2) is 5.16 Å². The van der Waals surface area contributed by atoms with Crippen LogP contribution in [0.1, 0.15) is 19.1 Å². The Balaban J connectivity index is 2.05. The zero-order valence-electron chi connectivity index (χ0n) is 10.9. The van der Waals surface area contributed by atoms with E-state index in [0.29, 0.717) is 22.9 Å². The molecule has 0 radical (unpaired) electrons. The highest BCUT2D eigenvalue weighted by atomic mass is 32.2. The van der Waals surface area contributed by atoms with Crippen LogP contribution in [-0.4, -0.2) is 28.6 Å². The summed E-state index contributed by atoms with van der Waals surface area (Å²) in [6.07, 6.45) is 2.65. The predicted octanol–water partition coefficient (Wildman–Crippen LogP) is 2.59. The maximum atomic E-state index is 5.27. The first kappa shape index (κ1) is 13.7. The molecular weight excluding hydrogens is 264 g/mol. The highest BCUT2D eigenvalue weighted by molar-refractivity contribution is 7.98. The van der Waals surface area contributed by atoms with Crippen molar-refractivity contribution in [3.8, 4) is 6.01 Å². The zero-order valence-corrected chi connectivity index (χ0v) is 11.7. The van der Waals surface area contributed by atoms with E-state index < -0.39 is 0 Å². The van der Waals surface area contributed by atoms with Crippen LogP contribution in [0.25, 0.3) is 0 Å². The number of hydrogen-bond acceptors (Lipinski definition) is 7. The Morgan fingerprint density at radius 1 is 1.37 bits per heavy atom. The average Bonchev–Trinajstić information content (AvgIpc) is 2.96. The first-order valence-corrected chi connectivity index (χ1v) is 6.99. The third-order valence-electron chi connectivity index (χ3n) is 2.23. The standard InChI is InChI=1S/C12H16N4O2S/c1-3-6-13-10-14-11(17-2)16-12(15-10)19-8-9-5-4-7-18-9/h4-5,7H,3,6,8H2,1-2H3,(H,13,14,15,16). The number of methoxy groups -OCH3 is 1. The van der Waals surface area contributed by atoms with Crippen molar-refractivity contribution in [1.82, 2.24) is 15.0 Å². The molecule has 0 atom stereocenters. The van der Waals surface area contributed by atoms with Gasteiger partial charge < -0.3 is 14.5 Å². The number of anilines is 1. The Morgan fingerprint density at radius 3 is 2.95 bits per heavy atom. The summed E-state index contributed by atoms with van der Waals surface area (Å²) in [5.74, 6) is 2.09. The molecule has 0 saturated heterocycles. The molecule has 6 nitrogen and oxygen atoms in total. The van der Waals surface area contributed by atoms with Crippen molar-refractivity contribution < 1.29 is 9.15 Å². The summed E-state index contributed by atoms with van der Waals surface area (Å²) in [5, 5.41) is 3.74. The Hall–Kier alpha value is -1.76. The van der Waals surface area contributed by atoms with E-state index in [2.05, 4.69) is 27.2 Å². The molecule has 2 heterocycles. The van der Waals surface area contributed by atoms with Crippen molar-refractivity contribution in [2.45, 2.75) is 24.3 Å². The van der Waals surface area contributed by atoms with Gasteiger partial charge in [0.1, 0.15) is 5.76 Å². The van der Waals surface area contributed by atoms with Crippen LogP contribution in [0.4, 0.5) is 5.95 Å². The molecule has 7 heteroatoms. The summed E-state index contributed by atoms with van der Waals surface area (Å²) in [7, 11) is 1.54. The molecule has 0 saturated carbocycles. The van der Waals surface area contributed by atoms with E-state index in [1.54, 1.807) is 13.4 Å². The van der Waals surface area contributed by atoms with E-state index in [1.165, 1.54) is 11.8 Å². The summed E-state index contributed by atoms with van der Waals surface area (Å²) in [5.41, 5.74) is 0. The number of nitrogens with one attached hydrogen (secondary N) is 1. The van der Waals surface area contributed by atoms with E-state index >= 15 is 0 Å². The third-order valence-corrected chi connectivity index (χ3v) is 3.10. The van der Waals surface area contributed by atoms with Gasteiger partial charge in [0, 0.05) is 6.54 Å². The summed E-state index contributed by atoms with van der Waals surface area (Å²) in [6, 6.07) is 4.09. The summed E-state index contributed by atoms with van der Waals surface area (Å²) >= 11 is 1.48. The number of furan rings is 1. The maximum absolute atomic E-state index is 5.27. The molecule has 0 fully saturated rings. The molecule has 0 amide bonds. The second-order valence-electron chi connectivity index (χ2n) is 3.72. The van der Waals surface area contributed by atoms with Crippen LogP contribution in [0.3, 0.4) is 0 Å². The summed E-state index contributed by atoms with van der Waals surface area (Å²) in [4.78, 5) is 12.7. The fourth-order valence-electron chi connectivity index (χ4n) is 1.34. The fourth-order valence-corrected chi connectivity index (χ4v) is 2.07. The van der Waals surface area contributed by atoms with Crippen LogP contribution >= 0.6 is 11.8 Å². The van der Waals surface area contributed by atoms with Gasteiger partial charge in [-0.05, 0) is 18.6 Å². The van der Waals surface area contributed by atoms with Gasteiger partial charge in [-0.1, -0.05) is 18.7 Å². The predicted molar refractivity (Wildman–Crippen MR) is 73.4 cm³/mol. The molecule has 2 aromatic heterocycles. The normalized spacial score (nSPS) is 10.4. The highest BCUT2D eigenvalue weighted by Crippen LogP contribution is 2.21. The zero-order chi connectivity index (χ0) is 13.5. The van der Waals surface area contributed by atoms with E-state index in [9.17, 15) is 0 Å². The second kappa shape index (κ2) is 6.98. The number of aromatic nitrogens is 3. The first-order valence-electron chi connectivity index (χ1n) is 6.01. The van der Waals surface area contributed by atoms with Gasteiger partial charge in [0.2, 0.25) is 5.95 Å². The van der Waals surface area contributed by atoms with Gasteiger partial charge in [-0.2, -0.15) is 15.0 Å². The number of hydrogen-bond donors (Lipinski definition) is 1. The van der Waals surface area contributed by atoms with Crippen LogP contribution in [0.2, 0.25) is 0 Å². The van der Waals surface area contributed by atoms with Gasteiger partial charge >= 0.3 is 6.01 Å². The van der Waals surface area contributed by atoms with Gasteiger partial charge in [0.25, 0.3) is 0 Å². The Morgan fingerprint density at radius 2 is 2.26 bits per heavy atom. The monoisotopic (exact) mass is 280 g/mol. The van der Waals surface area contributed by atoms with Gasteiger partial charge in [-0.15, -0.1) is 0 Å². The van der Waals surface area contributed by atoms with Crippen molar-refractivity contribution in [3.05, 3.63) is 24.2 Å². The lowest BCUT2D eigenvalue weighted by Crippen LogP contribution is -2.07. The topological polar surface area (TPSA) is 73.1 Å². The highest BCUT2D eigenvalue weighted by Gasteiger charge is 2.08. The lowest BCUT2D eigenvalue weighted by atomic mass is 10.5. The number of thioether (sulfide) groups is 1. The Labute approximate surface area is 116 Å². The van der Waals surface area contributed by atoms with E-state index in [0.717, 1.165) is 18.7 Å². The molecular formula is C12H16N4O2S. The van der Waals surface area contributed by atoms with Crippen molar-refractivity contribution in [3.63, 3.8) is 0 Å². The molecule has 0 spiro atoms. The minimum atomic E-state index is 0.315. The van der Waals surface area contributed by atoms with E-state index in [4.69, 9.17) is 9.15 Å². The van der Waals surface area contributed by atoms with Crippen LogP contribution < -0.4 is 10.1 Å². The summed E-state index contributed by atoms with van der Waals surface area (Å²) in [6.45, 7) is 2.90. The number of nitrogens with zero attached hydrogens (tertiary/aromatic N) is 3. The minimum absolute atomic E-state index is 0.315. The van der Waals surface area contributed by atoms with Crippen molar-refractivity contribution in [1.29, 1.82) is 0 Å². The minimum Gasteiger partial charge on any atom is -0.468 e. The lowest BCUT2D eigenvalue weighted by Gasteiger charge is -2.06. The first-order chi connectivity index (χ1) is 9.31. The number of ether oxygens (including phenoxy) is 1. The molecule has 0 aliphatic carbocycles. The smallest absolute Gasteiger partial charge is 0.321 e. The molecule has 102 valence electrons. The molecule has 0 aliphatic rings. The molecule has 0 aromatic carbocycles. The maximum Gasteiger partial charge on any atom is 0.321 e. The van der Waals surface area contributed by atoms with Crippen molar-refractivity contribution >= 4 is 17.7 Å². The van der Waals surface area contributed by atoms with Crippen LogP contribution in [0.15, 0.2) is 28.0 Å². The lowest BCUT2D eigenvalue weighted by molar-refractivity contribution is 0.373. The van der Waals surface area contributed by atoms with Crippen LogP contribution in [0, 0.1) is 0 Å². The quantitative estimate of drug-likeness (QED) is 0.781. The summed E-state index contributed by atoms with van der Waals surface area (Å²) < 4.78 is 10.3. The molecule has 2 aromatic rings. The molecule has 0 bridgehead atoms. The number of rotatable bonds is 7. The molecule has 2 rings (SSSR count). The fraction of sp³-hybridized carbons (Fsp3) is 0.417. The van der Waals surface area contributed by atoms with Crippen molar-refractivity contribution in [2.24, 2.45) is 0 Å². The molecule has 0 unspecified atom stereocenters. The van der Waals surface area contributed by atoms with Gasteiger partial charge in [0.05, 0.1) is 19.1 Å². The van der Waals surface area contributed by atoms with Gasteiger partial charge in [-0.25, -0.2) is 0 Å². The van der Waals surface area contributed by atoms with E-state index in [1.807, 2.05) is 12.1 Å². The van der Waals surface area contributed by atoms with Crippen LogP contribution in [0.5, 0.6) is 6.01 Å². The van der Waals surface area contributed by atoms with E-state index in [-0.39, 0.29) is 0 Å².